The molecule has 0 saturated heterocycles. The zero-order valence-corrected chi connectivity index (χ0v) is 29.5. The largest absolute Gasteiger partial charge is 0.455 e. The van der Waals surface area contributed by atoms with Crippen LogP contribution in [0.2, 0.25) is 0 Å². The van der Waals surface area contributed by atoms with Crippen LogP contribution in [0.25, 0.3) is 84.5 Å². The number of rotatable bonds is 5. The summed E-state index contributed by atoms with van der Waals surface area (Å²) < 4.78 is 11.6. The topological polar surface area (TPSA) is 16.4 Å². The molecule has 0 unspecified atom stereocenters. The van der Waals surface area contributed by atoms with Crippen molar-refractivity contribution in [3.63, 3.8) is 0 Å². The average molecular weight is 700 g/mol. The molecular weight excluding hydrogens is 671 g/mol. The maximum absolute atomic E-state index is 6.43. The number of para-hydroxylation sites is 2. The second-order valence-electron chi connectivity index (χ2n) is 13.2. The Kier molecular flexibility index (Phi) is 6.63. The molecule has 8 aromatic carbocycles. The van der Waals surface area contributed by atoms with Gasteiger partial charge >= 0.3 is 0 Å². The molecule has 0 N–H and O–H groups in total. The Morgan fingerprint density at radius 1 is 0.385 bits per heavy atom. The van der Waals surface area contributed by atoms with Crippen molar-refractivity contribution >= 4 is 102 Å². The highest BCUT2D eigenvalue weighted by atomic mass is 32.1. The predicted molar refractivity (Wildman–Crippen MR) is 225 cm³/mol. The van der Waals surface area contributed by atoms with Gasteiger partial charge in [-0.2, -0.15) is 0 Å². The van der Waals surface area contributed by atoms with E-state index >= 15 is 0 Å². The fourth-order valence-corrected chi connectivity index (χ4v) is 10.4. The smallest absolute Gasteiger partial charge is 0.143 e. The van der Waals surface area contributed by atoms with Gasteiger partial charge in [-0.1, -0.05) is 133 Å². The number of hydrogen-bond acceptors (Lipinski definition) is 4. The molecule has 52 heavy (non-hydrogen) atoms. The molecule has 0 fully saturated rings. The van der Waals surface area contributed by atoms with Gasteiger partial charge in [0.2, 0.25) is 0 Å². The molecule has 4 heteroatoms. The molecule has 0 spiro atoms. The van der Waals surface area contributed by atoms with Crippen LogP contribution in [0.5, 0.6) is 0 Å². The van der Waals surface area contributed by atoms with E-state index < -0.39 is 0 Å². The Labute approximate surface area is 308 Å². The van der Waals surface area contributed by atoms with Crippen LogP contribution in [0.1, 0.15) is 0 Å². The number of benzene rings is 8. The third-order valence-electron chi connectivity index (χ3n) is 10.3. The van der Waals surface area contributed by atoms with Crippen LogP contribution in [-0.4, -0.2) is 0 Å². The fraction of sp³-hybridized carbons (Fsp3) is 0. The van der Waals surface area contributed by atoms with E-state index in [9.17, 15) is 0 Å². The standard InChI is InChI=1S/C48H29NOS2/c1-2-11-30(12-3-1)35-16-9-18-40-41-19-10-20-42(48(41)52-47(35)40)49(33-27-28-38-37-14-5-7-22-44(37)51-45(38)29-33)32-25-23-31(24-26-32)34-15-8-17-39-36-13-4-6-21-43(36)50-46(34)39/h1-29H. The molecule has 0 radical (unpaired) electrons. The van der Waals surface area contributed by atoms with Crippen LogP contribution >= 0.6 is 22.7 Å². The summed E-state index contributed by atoms with van der Waals surface area (Å²) in [4.78, 5) is 2.44. The second kappa shape index (κ2) is 11.7. The predicted octanol–water partition coefficient (Wildman–Crippen LogP) is 15.1. The Balaban J connectivity index is 1.12. The first-order valence-corrected chi connectivity index (χ1v) is 19.1. The summed E-state index contributed by atoms with van der Waals surface area (Å²) in [5.41, 5.74) is 9.98. The van der Waals surface area contributed by atoms with Crippen LogP contribution in [-0.2, 0) is 0 Å². The van der Waals surface area contributed by atoms with E-state index in [1.807, 2.05) is 34.8 Å². The zero-order valence-electron chi connectivity index (χ0n) is 27.9. The van der Waals surface area contributed by atoms with Gasteiger partial charge in [0, 0.05) is 63.4 Å². The van der Waals surface area contributed by atoms with Crippen molar-refractivity contribution in [1.82, 2.24) is 0 Å². The van der Waals surface area contributed by atoms with E-state index in [-0.39, 0.29) is 0 Å². The summed E-state index contributed by atoms with van der Waals surface area (Å²) in [6.07, 6.45) is 0. The van der Waals surface area contributed by atoms with Crippen LogP contribution in [0.3, 0.4) is 0 Å². The highest BCUT2D eigenvalue weighted by Gasteiger charge is 2.21. The number of nitrogens with zero attached hydrogens (tertiary/aromatic N) is 1. The van der Waals surface area contributed by atoms with E-state index in [1.165, 1.54) is 57.2 Å². The van der Waals surface area contributed by atoms with Crippen molar-refractivity contribution in [2.75, 3.05) is 4.90 Å². The van der Waals surface area contributed by atoms with Crippen molar-refractivity contribution in [2.45, 2.75) is 0 Å². The minimum Gasteiger partial charge on any atom is -0.455 e. The van der Waals surface area contributed by atoms with Gasteiger partial charge in [-0.05, 0) is 59.2 Å². The molecule has 244 valence electrons. The summed E-state index contributed by atoms with van der Waals surface area (Å²) in [6, 6.07) is 63.6. The van der Waals surface area contributed by atoms with E-state index in [0.717, 1.165) is 44.4 Å². The Bertz CT molecular complexity index is 3130. The van der Waals surface area contributed by atoms with Crippen LogP contribution in [0.15, 0.2) is 180 Å². The van der Waals surface area contributed by atoms with E-state index in [4.69, 9.17) is 4.42 Å². The monoisotopic (exact) mass is 699 g/mol. The molecule has 0 aliphatic carbocycles. The molecule has 0 amide bonds. The van der Waals surface area contributed by atoms with Crippen molar-refractivity contribution in [3.8, 4) is 22.3 Å². The van der Waals surface area contributed by atoms with Crippen molar-refractivity contribution in [2.24, 2.45) is 0 Å². The second-order valence-corrected chi connectivity index (χ2v) is 15.4. The third-order valence-corrected chi connectivity index (χ3v) is 12.7. The van der Waals surface area contributed by atoms with Gasteiger partial charge < -0.3 is 9.32 Å². The SMILES string of the molecule is c1ccc(-c2cccc3c2sc2c(N(c4ccc(-c5cccc6c5oc5ccccc56)cc4)c4ccc5c(c4)sc4ccccc45)cccc23)cc1. The van der Waals surface area contributed by atoms with E-state index in [0.29, 0.717) is 0 Å². The number of hydrogen-bond donors (Lipinski definition) is 0. The molecule has 0 atom stereocenters. The number of fused-ring (bicyclic) bond motifs is 9. The van der Waals surface area contributed by atoms with Crippen LogP contribution < -0.4 is 4.90 Å². The van der Waals surface area contributed by atoms with Crippen LogP contribution in [0, 0.1) is 0 Å². The molecule has 0 aliphatic rings. The summed E-state index contributed by atoms with van der Waals surface area (Å²) in [6.45, 7) is 0. The van der Waals surface area contributed by atoms with Gasteiger partial charge in [-0.3, -0.25) is 0 Å². The van der Waals surface area contributed by atoms with Gasteiger partial charge in [-0.15, -0.1) is 22.7 Å². The number of thiophene rings is 2. The maximum atomic E-state index is 6.43. The van der Waals surface area contributed by atoms with Gasteiger partial charge in [0.05, 0.1) is 10.4 Å². The summed E-state index contributed by atoms with van der Waals surface area (Å²) in [5, 5.41) is 7.46. The minimum absolute atomic E-state index is 0.913. The van der Waals surface area contributed by atoms with Crippen molar-refractivity contribution in [1.29, 1.82) is 0 Å². The lowest BCUT2D eigenvalue weighted by molar-refractivity contribution is 0.670. The molecule has 0 aliphatic heterocycles. The van der Waals surface area contributed by atoms with E-state index in [2.05, 4.69) is 169 Å². The van der Waals surface area contributed by atoms with Gasteiger partial charge in [0.1, 0.15) is 11.2 Å². The third kappa shape index (κ3) is 4.55. The van der Waals surface area contributed by atoms with Gasteiger partial charge in [0.25, 0.3) is 0 Å². The molecule has 11 rings (SSSR count). The maximum Gasteiger partial charge on any atom is 0.143 e. The Hall–Kier alpha value is -6.20. The lowest BCUT2D eigenvalue weighted by atomic mass is 10.0. The zero-order chi connectivity index (χ0) is 34.2. The van der Waals surface area contributed by atoms with Gasteiger partial charge in [0.15, 0.2) is 0 Å². The molecule has 3 aromatic heterocycles. The number of anilines is 3. The van der Waals surface area contributed by atoms with Crippen molar-refractivity contribution in [3.05, 3.63) is 176 Å². The van der Waals surface area contributed by atoms with Crippen molar-refractivity contribution < 1.29 is 4.42 Å². The molecule has 0 saturated carbocycles. The normalized spacial score (nSPS) is 11.8. The van der Waals surface area contributed by atoms with Crippen LogP contribution in [0.4, 0.5) is 17.1 Å². The first-order chi connectivity index (χ1) is 25.8. The minimum atomic E-state index is 0.913. The van der Waals surface area contributed by atoms with E-state index in [1.54, 1.807) is 0 Å². The first-order valence-electron chi connectivity index (χ1n) is 17.5. The molecule has 0 bridgehead atoms. The average Bonchev–Trinajstić information content (AvgIpc) is 3.90. The first kappa shape index (κ1) is 29.5. The highest BCUT2D eigenvalue weighted by molar-refractivity contribution is 7.27. The lowest BCUT2D eigenvalue weighted by Gasteiger charge is -2.26. The molecule has 3 heterocycles. The summed E-state index contributed by atoms with van der Waals surface area (Å²) in [5.74, 6) is 0. The molecule has 11 aromatic rings. The summed E-state index contributed by atoms with van der Waals surface area (Å²) >= 11 is 3.75. The Morgan fingerprint density at radius 3 is 1.88 bits per heavy atom. The van der Waals surface area contributed by atoms with Gasteiger partial charge in [-0.25, -0.2) is 0 Å². The lowest BCUT2D eigenvalue weighted by Crippen LogP contribution is -2.09. The Morgan fingerprint density at radius 2 is 1.02 bits per heavy atom. The quantitative estimate of drug-likeness (QED) is 0.178. The molecular formula is C48H29NOS2. The number of furan rings is 1. The fourth-order valence-electron chi connectivity index (χ4n) is 7.87. The highest BCUT2D eigenvalue weighted by Crippen LogP contribution is 2.48. The summed E-state index contributed by atoms with van der Waals surface area (Å²) in [7, 11) is 0. The molecule has 2 nitrogen and oxygen atoms in total.